The van der Waals surface area contributed by atoms with Crippen molar-refractivity contribution in [3.8, 4) is 16.9 Å². The molecule has 0 unspecified atom stereocenters. The van der Waals surface area contributed by atoms with E-state index >= 15 is 0 Å². The molecule has 0 fully saturated rings. The summed E-state index contributed by atoms with van der Waals surface area (Å²) in [5.41, 5.74) is 5.18. The van der Waals surface area contributed by atoms with Crippen molar-refractivity contribution in [2.45, 2.75) is 13.5 Å². The largest absolute Gasteiger partial charge is 0.424 e. The second-order valence-electron chi connectivity index (χ2n) is 7.59. The van der Waals surface area contributed by atoms with Crippen LogP contribution in [0.1, 0.15) is 21.5 Å². The van der Waals surface area contributed by atoms with Crippen LogP contribution in [-0.4, -0.2) is 25.4 Å². The molecule has 33 heavy (non-hydrogen) atoms. The fourth-order valence-electron chi connectivity index (χ4n) is 3.57. The molecule has 1 N–H and O–H groups in total. The number of amides is 1. The number of benzene rings is 2. The normalized spacial score (nSPS) is 10.9. The van der Waals surface area contributed by atoms with Crippen molar-refractivity contribution in [2.24, 2.45) is 0 Å². The van der Waals surface area contributed by atoms with Crippen molar-refractivity contribution < 1.29 is 9.21 Å². The molecule has 2 aromatic carbocycles. The first kappa shape index (κ1) is 20.3. The summed E-state index contributed by atoms with van der Waals surface area (Å²) in [5.74, 6) is -0.826. The number of nitrogens with zero attached hydrogens (tertiary/aromatic N) is 4. The molecule has 0 aliphatic rings. The molecule has 0 aliphatic heterocycles. The fourth-order valence-corrected chi connectivity index (χ4v) is 3.57. The van der Waals surface area contributed by atoms with Crippen molar-refractivity contribution in [1.29, 1.82) is 0 Å². The average molecular weight is 437 g/mol. The van der Waals surface area contributed by atoms with Crippen LogP contribution < -0.4 is 11.1 Å². The maximum atomic E-state index is 13.0. The van der Waals surface area contributed by atoms with Crippen LogP contribution in [-0.2, 0) is 6.54 Å². The molecule has 0 atom stereocenters. The SMILES string of the molecule is Cc1ccc(-c2cc(C(=O)NCc3cncnc3)cc(-n3c(=O)oc4ccccc43)c2)nc1. The average Bonchev–Trinajstić information content (AvgIpc) is 3.19. The quantitative estimate of drug-likeness (QED) is 0.450. The highest BCUT2D eigenvalue weighted by Crippen LogP contribution is 2.25. The molecular weight excluding hydrogens is 418 g/mol. The summed E-state index contributed by atoms with van der Waals surface area (Å²) in [6, 6.07) is 16.2. The van der Waals surface area contributed by atoms with Crippen LogP contribution in [0.5, 0.6) is 0 Å². The van der Waals surface area contributed by atoms with Crippen molar-refractivity contribution in [1.82, 2.24) is 24.8 Å². The highest BCUT2D eigenvalue weighted by Gasteiger charge is 2.16. The monoisotopic (exact) mass is 437 g/mol. The van der Waals surface area contributed by atoms with Gasteiger partial charge in [0.1, 0.15) is 6.33 Å². The van der Waals surface area contributed by atoms with E-state index < -0.39 is 5.76 Å². The molecule has 0 saturated heterocycles. The van der Waals surface area contributed by atoms with Crippen molar-refractivity contribution in [2.75, 3.05) is 0 Å². The Labute approximate surface area is 188 Å². The third-order valence-electron chi connectivity index (χ3n) is 5.20. The van der Waals surface area contributed by atoms with Crippen molar-refractivity contribution in [3.63, 3.8) is 0 Å². The standard InChI is InChI=1S/C25H19N5O3/c1-16-6-7-21(28-11-16)18-8-19(24(31)29-14-17-12-26-15-27-13-17)10-20(9-18)30-22-4-2-3-5-23(22)33-25(30)32/h2-13,15H,14H2,1H3,(H,29,31). The maximum Gasteiger partial charge on any atom is 0.424 e. The molecular formula is C25H19N5O3. The van der Waals surface area contributed by atoms with Gasteiger partial charge in [0.25, 0.3) is 5.91 Å². The number of oxazole rings is 1. The first-order chi connectivity index (χ1) is 16.1. The number of aryl methyl sites for hydroxylation is 1. The smallest absolute Gasteiger partial charge is 0.407 e. The van der Waals surface area contributed by atoms with Gasteiger partial charge in [-0.15, -0.1) is 0 Å². The Balaban J connectivity index is 1.60. The van der Waals surface area contributed by atoms with E-state index in [0.717, 1.165) is 11.1 Å². The van der Waals surface area contributed by atoms with Crippen LogP contribution in [0.25, 0.3) is 28.0 Å². The van der Waals surface area contributed by atoms with Gasteiger partial charge >= 0.3 is 5.76 Å². The molecule has 0 aliphatic carbocycles. The summed E-state index contributed by atoms with van der Waals surface area (Å²) in [4.78, 5) is 38.2. The highest BCUT2D eigenvalue weighted by atomic mass is 16.4. The minimum absolute atomic E-state index is 0.274. The van der Waals surface area contributed by atoms with E-state index in [1.54, 1.807) is 48.9 Å². The van der Waals surface area contributed by atoms with Gasteiger partial charge in [-0.05, 0) is 48.9 Å². The van der Waals surface area contributed by atoms with Crippen LogP contribution in [0, 0.1) is 6.92 Å². The zero-order valence-corrected chi connectivity index (χ0v) is 17.7. The van der Waals surface area contributed by atoms with Gasteiger partial charge in [-0.2, -0.15) is 0 Å². The predicted molar refractivity (Wildman–Crippen MR) is 123 cm³/mol. The summed E-state index contributed by atoms with van der Waals surface area (Å²) in [7, 11) is 0. The number of nitrogens with one attached hydrogen (secondary N) is 1. The predicted octanol–water partition coefficient (Wildman–Crippen LogP) is 3.67. The molecule has 0 spiro atoms. The second-order valence-corrected chi connectivity index (χ2v) is 7.59. The van der Waals surface area contributed by atoms with Gasteiger partial charge in [0.2, 0.25) is 0 Å². The molecule has 5 rings (SSSR count). The molecule has 3 aromatic heterocycles. The maximum absolute atomic E-state index is 13.0. The summed E-state index contributed by atoms with van der Waals surface area (Å²) >= 11 is 0. The van der Waals surface area contributed by atoms with Gasteiger partial charge in [0, 0.05) is 41.8 Å². The molecule has 0 bridgehead atoms. The van der Waals surface area contributed by atoms with Crippen LogP contribution >= 0.6 is 0 Å². The lowest BCUT2D eigenvalue weighted by Crippen LogP contribution is -2.23. The number of hydrogen-bond acceptors (Lipinski definition) is 6. The van der Waals surface area contributed by atoms with Crippen molar-refractivity contribution in [3.05, 3.63) is 107 Å². The Morgan fingerprint density at radius 2 is 1.85 bits per heavy atom. The van der Waals surface area contributed by atoms with Gasteiger partial charge in [0.15, 0.2) is 5.58 Å². The number of rotatable bonds is 5. The molecule has 0 saturated carbocycles. The van der Waals surface area contributed by atoms with Gasteiger partial charge in [0.05, 0.1) is 16.9 Å². The van der Waals surface area contributed by atoms with E-state index in [1.807, 2.05) is 31.2 Å². The number of hydrogen-bond donors (Lipinski definition) is 1. The van der Waals surface area contributed by atoms with Gasteiger partial charge in [-0.3, -0.25) is 9.78 Å². The molecule has 8 nitrogen and oxygen atoms in total. The lowest BCUT2D eigenvalue weighted by molar-refractivity contribution is 0.0951. The van der Waals surface area contributed by atoms with Gasteiger partial charge in [-0.1, -0.05) is 18.2 Å². The molecule has 162 valence electrons. The minimum Gasteiger partial charge on any atom is -0.407 e. The van der Waals surface area contributed by atoms with E-state index in [9.17, 15) is 9.59 Å². The Hall–Kier alpha value is -4.59. The number of carbonyl (C=O) groups excluding carboxylic acids is 1. The third-order valence-corrected chi connectivity index (χ3v) is 5.20. The first-order valence-corrected chi connectivity index (χ1v) is 10.3. The minimum atomic E-state index is -0.530. The molecule has 8 heteroatoms. The fraction of sp³-hybridized carbons (Fsp3) is 0.0800. The summed E-state index contributed by atoms with van der Waals surface area (Å²) < 4.78 is 6.85. The Morgan fingerprint density at radius 1 is 1.03 bits per heavy atom. The molecule has 5 aromatic rings. The second kappa shape index (κ2) is 8.51. The van der Waals surface area contributed by atoms with E-state index in [2.05, 4.69) is 20.3 Å². The summed E-state index contributed by atoms with van der Waals surface area (Å²) in [6.45, 7) is 2.23. The zero-order chi connectivity index (χ0) is 22.8. The Bertz CT molecular complexity index is 1510. The number of aromatic nitrogens is 4. The van der Waals surface area contributed by atoms with Gasteiger partial charge < -0.3 is 9.73 Å². The van der Waals surface area contributed by atoms with E-state index in [-0.39, 0.29) is 12.5 Å². The van der Waals surface area contributed by atoms with Crippen LogP contribution in [0.15, 0.2) is 88.7 Å². The van der Waals surface area contributed by atoms with Gasteiger partial charge in [-0.25, -0.2) is 19.3 Å². The number of fused-ring (bicyclic) bond motifs is 1. The summed E-state index contributed by atoms with van der Waals surface area (Å²) in [5, 5.41) is 2.88. The van der Waals surface area contributed by atoms with Crippen LogP contribution in [0.4, 0.5) is 0 Å². The van der Waals surface area contributed by atoms with E-state index in [4.69, 9.17) is 4.42 Å². The van der Waals surface area contributed by atoms with Crippen LogP contribution in [0.2, 0.25) is 0 Å². The van der Waals surface area contributed by atoms with Crippen LogP contribution in [0.3, 0.4) is 0 Å². The molecule has 3 heterocycles. The topological polar surface area (TPSA) is 103 Å². The zero-order valence-electron chi connectivity index (χ0n) is 17.7. The Morgan fingerprint density at radius 3 is 2.64 bits per heavy atom. The lowest BCUT2D eigenvalue weighted by Gasteiger charge is -2.11. The number of carbonyl (C=O) groups is 1. The summed E-state index contributed by atoms with van der Waals surface area (Å²) in [6.07, 6.45) is 6.48. The lowest BCUT2D eigenvalue weighted by atomic mass is 10.0. The van der Waals surface area contributed by atoms with E-state index in [1.165, 1.54) is 10.9 Å². The number of para-hydroxylation sites is 2. The molecule has 0 radical (unpaired) electrons. The highest BCUT2D eigenvalue weighted by molar-refractivity contribution is 5.96. The van der Waals surface area contributed by atoms with E-state index in [0.29, 0.717) is 33.6 Å². The third kappa shape index (κ3) is 4.14. The first-order valence-electron chi connectivity index (χ1n) is 10.3. The Kier molecular flexibility index (Phi) is 5.24. The number of pyridine rings is 1. The van der Waals surface area contributed by atoms with Crippen molar-refractivity contribution >= 4 is 17.0 Å². The molecule has 1 amide bonds.